The highest BCUT2D eigenvalue weighted by atomic mass is 16.2. The van der Waals surface area contributed by atoms with Crippen LogP contribution in [-0.4, -0.2) is 50.4 Å². The number of H-pyrrole nitrogens is 1. The van der Waals surface area contributed by atoms with Gasteiger partial charge in [-0.1, -0.05) is 60.7 Å². The van der Waals surface area contributed by atoms with Gasteiger partial charge in [-0.15, -0.1) is 0 Å². The Bertz CT molecular complexity index is 964. The number of hydrogen-bond acceptors (Lipinski definition) is 3. The summed E-state index contributed by atoms with van der Waals surface area (Å²) < 4.78 is 0. The van der Waals surface area contributed by atoms with Gasteiger partial charge in [-0.25, -0.2) is 0 Å². The fourth-order valence-corrected chi connectivity index (χ4v) is 4.78. The zero-order chi connectivity index (χ0) is 19.8. The molecule has 2 aliphatic heterocycles. The minimum absolute atomic E-state index is 0.0137. The summed E-state index contributed by atoms with van der Waals surface area (Å²) in [5.74, 6) is 0.0143. The highest BCUT2D eigenvalue weighted by molar-refractivity contribution is 5.94. The molecule has 2 atom stereocenters. The van der Waals surface area contributed by atoms with Gasteiger partial charge in [0.1, 0.15) is 5.69 Å². The van der Waals surface area contributed by atoms with Crippen LogP contribution in [0.25, 0.3) is 0 Å². The van der Waals surface area contributed by atoms with Crippen LogP contribution in [-0.2, 0) is 4.79 Å². The largest absolute Gasteiger partial charge is 0.332 e. The Hall–Kier alpha value is -3.41. The Kier molecular flexibility index (Phi) is 4.39. The van der Waals surface area contributed by atoms with Gasteiger partial charge in [-0.05, 0) is 23.6 Å². The number of rotatable bonds is 4. The Labute approximate surface area is 169 Å². The lowest BCUT2D eigenvalue weighted by Crippen LogP contribution is -2.41. The first-order valence-electron chi connectivity index (χ1n) is 9.95. The van der Waals surface area contributed by atoms with Crippen LogP contribution < -0.4 is 0 Å². The van der Waals surface area contributed by atoms with Gasteiger partial charge < -0.3 is 9.80 Å². The maximum absolute atomic E-state index is 13.2. The van der Waals surface area contributed by atoms with E-state index >= 15 is 0 Å². The van der Waals surface area contributed by atoms with Crippen LogP contribution in [0.2, 0.25) is 0 Å². The summed E-state index contributed by atoms with van der Waals surface area (Å²) in [6.07, 6.45) is 2.72. The molecule has 2 amide bonds. The fourth-order valence-electron chi connectivity index (χ4n) is 4.78. The van der Waals surface area contributed by atoms with Crippen LogP contribution >= 0.6 is 0 Å². The predicted molar refractivity (Wildman–Crippen MR) is 108 cm³/mol. The zero-order valence-corrected chi connectivity index (χ0v) is 15.9. The van der Waals surface area contributed by atoms with Crippen molar-refractivity contribution in [3.8, 4) is 0 Å². The normalized spacial score (nSPS) is 21.1. The van der Waals surface area contributed by atoms with Crippen molar-refractivity contribution >= 4 is 11.8 Å². The van der Waals surface area contributed by atoms with Crippen molar-refractivity contribution in [1.82, 2.24) is 20.0 Å². The molecule has 6 nitrogen and oxygen atoms in total. The third-order valence-electron chi connectivity index (χ3n) is 6.04. The van der Waals surface area contributed by atoms with Crippen molar-refractivity contribution in [2.75, 3.05) is 6.54 Å². The molecule has 29 heavy (non-hydrogen) atoms. The second-order valence-electron chi connectivity index (χ2n) is 7.62. The number of carbonyl (C=O) groups is 2. The molecule has 0 bridgehead atoms. The van der Waals surface area contributed by atoms with Crippen molar-refractivity contribution in [3.05, 3.63) is 89.7 Å². The van der Waals surface area contributed by atoms with E-state index in [1.165, 1.54) is 0 Å². The van der Waals surface area contributed by atoms with Gasteiger partial charge in [0.05, 0.1) is 18.1 Å². The summed E-state index contributed by atoms with van der Waals surface area (Å²) in [5, 5.41) is 6.64. The van der Waals surface area contributed by atoms with Gasteiger partial charge in [0, 0.05) is 19.2 Å². The number of benzene rings is 2. The second-order valence-corrected chi connectivity index (χ2v) is 7.62. The number of nitrogens with one attached hydrogen (secondary N) is 1. The highest BCUT2D eigenvalue weighted by Gasteiger charge is 2.51. The van der Waals surface area contributed by atoms with Gasteiger partial charge in [-0.3, -0.25) is 14.7 Å². The van der Waals surface area contributed by atoms with Crippen LogP contribution in [0.1, 0.15) is 40.5 Å². The third kappa shape index (κ3) is 3.01. The lowest BCUT2D eigenvalue weighted by atomic mass is 9.96. The molecule has 5 rings (SSSR count). The first kappa shape index (κ1) is 17.7. The summed E-state index contributed by atoms with van der Waals surface area (Å²) in [5.41, 5.74) is 2.65. The molecule has 0 saturated carbocycles. The quantitative estimate of drug-likeness (QED) is 0.749. The maximum atomic E-state index is 13.2. The number of nitrogens with zero attached hydrogens (tertiary/aromatic N) is 3. The van der Waals surface area contributed by atoms with Gasteiger partial charge in [0.25, 0.3) is 5.91 Å². The summed E-state index contributed by atoms with van der Waals surface area (Å²) in [6, 6.07) is 21.7. The van der Waals surface area contributed by atoms with Gasteiger partial charge in [0.2, 0.25) is 5.91 Å². The van der Waals surface area contributed by atoms with E-state index in [1.54, 1.807) is 12.3 Å². The molecule has 2 saturated heterocycles. The second kappa shape index (κ2) is 7.20. The van der Waals surface area contributed by atoms with E-state index in [4.69, 9.17) is 0 Å². The summed E-state index contributed by atoms with van der Waals surface area (Å²) in [6.45, 7) is 0.646. The van der Waals surface area contributed by atoms with Gasteiger partial charge in [-0.2, -0.15) is 5.10 Å². The van der Waals surface area contributed by atoms with E-state index in [9.17, 15) is 9.59 Å². The number of aromatic amines is 1. The predicted octanol–water partition coefficient (Wildman–Crippen LogP) is 3.01. The maximum Gasteiger partial charge on any atom is 0.272 e. The lowest BCUT2D eigenvalue weighted by Gasteiger charge is -2.33. The number of fused-ring (bicyclic) bond motifs is 1. The van der Waals surface area contributed by atoms with Crippen LogP contribution in [0.5, 0.6) is 0 Å². The van der Waals surface area contributed by atoms with Crippen molar-refractivity contribution < 1.29 is 9.59 Å². The minimum Gasteiger partial charge on any atom is -0.332 e. The van der Waals surface area contributed by atoms with Crippen LogP contribution in [0.15, 0.2) is 72.9 Å². The molecule has 1 aromatic heterocycles. The summed E-state index contributed by atoms with van der Waals surface area (Å²) >= 11 is 0. The molecule has 0 unspecified atom stereocenters. The smallest absolute Gasteiger partial charge is 0.272 e. The number of likely N-dealkylation sites (tertiary alicyclic amines) is 2. The van der Waals surface area contributed by atoms with E-state index in [0.29, 0.717) is 18.7 Å². The average molecular weight is 386 g/mol. The monoisotopic (exact) mass is 386 g/mol. The van der Waals surface area contributed by atoms with Crippen molar-refractivity contribution in [2.45, 2.75) is 31.0 Å². The van der Waals surface area contributed by atoms with Crippen molar-refractivity contribution in [1.29, 1.82) is 0 Å². The summed E-state index contributed by atoms with van der Waals surface area (Å²) in [7, 11) is 0. The van der Waals surface area contributed by atoms with E-state index in [1.807, 2.05) is 46.2 Å². The molecule has 0 aliphatic carbocycles. The Morgan fingerprint density at radius 1 is 0.966 bits per heavy atom. The topological polar surface area (TPSA) is 69.3 Å². The number of hydrogen-bond donors (Lipinski definition) is 1. The van der Waals surface area contributed by atoms with Crippen molar-refractivity contribution in [2.24, 2.45) is 0 Å². The van der Waals surface area contributed by atoms with E-state index < -0.39 is 0 Å². The van der Waals surface area contributed by atoms with E-state index in [-0.39, 0.29) is 29.9 Å². The molecule has 2 aromatic carbocycles. The minimum atomic E-state index is -0.151. The Morgan fingerprint density at radius 3 is 2.21 bits per heavy atom. The standard InChI is InChI=1S/C23H22N4O2/c28-21-15-20-19(12-14-26(20)23(29)18-11-13-24-25-18)27(21)22(16-7-3-1-4-8-16)17-9-5-2-6-10-17/h1-11,13,19-20,22H,12,14-15H2,(H,24,25)/t19-,20-/m0/s1. The molecule has 6 heteroatoms. The third-order valence-corrected chi connectivity index (χ3v) is 6.04. The lowest BCUT2D eigenvalue weighted by molar-refractivity contribution is -0.130. The molecule has 0 radical (unpaired) electrons. The van der Waals surface area contributed by atoms with Gasteiger partial charge >= 0.3 is 0 Å². The highest BCUT2D eigenvalue weighted by Crippen LogP contribution is 2.41. The van der Waals surface area contributed by atoms with E-state index in [2.05, 4.69) is 34.5 Å². The molecule has 0 spiro atoms. The molecule has 146 valence electrons. The molecular weight excluding hydrogens is 364 g/mol. The number of carbonyl (C=O) groups excluding carboxylic acids is 2. The molecular formula is C23H22N4O2. The van der Waals surface area contributed by atoms with Crippen molar-refractivity contribution in [3.63, 3.8) is 0 Å². The number of amides is 2. The molecule has 3 aromatic rings. The number of aromatic nitrogens is 2. The molecule has 2 fully saturated rings. The van der Waals surface area contributed by atoms with Crippen LogP contribution in [0.4, 0.5) is 0 Å². The SMILES string of the molecule is O=C(c1ccn[nH]1)N1CC[C@H]2[C@@H]1CC(=O)N2C(c1ccccc1)c1ccccc1. The summed E-state index contributed by atoms with van der Waals surface area (Å²) in [4.78, 5) is 29.9. The Morgan fingerprint density at radius 2 is 1.62 bits per heavy atom. The van der Waals surface area contributed by atoms with Crippen LogP contribution in [0.3, 0.4) is 0 Å². The zero-order valence-electron chi connectivity index (χ0n) is 15.9. The molecule has 2 aliphatic rings. The average Bonchev–Trinajstić information content (AvgIpc) is 3.48. The first-order valence-corrected chi connectivity index (χ1v) is 9.95. The van der Waals surface area contributed by atoms with Crippen LogP contribution in [0, 0.1) is 0 Å². The van der Waals surface area contributed by atoms with E-state index in [0.717, 1.165) is 17.5 Å². The molecule has 1 N–H and O–H groups in total. The fraction of sp³-hybridized carbons (Fsp3) is 0.261. The Balaban J connectivity index is 1.50. The molecule has 3 heterocycles. The van der Waals surface area contributed by atoms with Gasteiger partial charge in [0.15, 0.2) is 0 Å². The first-order chi connectivity index (χ1) is 14.2.